The van der Waals surface area contributed by atoms with Crippen molar-refractivity contribution in [2.24, 2.45) is 33.3 Å². The molecule has 0 spiro atoms. The number of carbonyl (C=O) groups is 1. The number of aliphatic imine (C=N–C) groups is 2. The third-order valence-electron chi connectivity index (χ3n) is 3.62. The summed E-state index contributed by atoms with van der Waals surface area (Å²) in [7, 11) is 0. The highest BCUT2D eigenvalue weighted by atomic mass is 16.1. The van der Waals surface area contributed by atoms with Crippen LogP contribution >= 0.6 is 0 Å². The van der Waals surface area contributed by atoms with Crippen molar-refractivity contribution in [1.29, 1.82) is 0 Å². The molecule has 16 heavy (non-hydrogen) atoms. The quantitative estimate of drug-likeness (QED) is 0.709. The second-order valence-electron chi connectivity index (χ2n) is 4.67. The second kappa shape index (κ2) is 4.63. The maximum Gasteiger partial charge on any atom is 0.220 e. The fraction of sp³-hybridized carbons (Fsp3) is 0.727. The van der Waals surface area contributed by atoms with Crippen LogP contribution in [0.5, 0.6) is 0 Å². The average Bonchev–Trinajstić information content (AvgIpc) is 2.29. The van der Waals surface area contributed by atoms with E-state index in [4.69, 9.17) is 11.5 Å². The first kappa shape index (κ1) is 11.1. The van der Waals surface area contributed by atoms with Crippen molar-refractivity contribution in [2.45, 2.75) is 38.1 Å². The molecule has 0 aromatic carbocycles. The van der Waals surface area contributed by atoms with Crippen LogP contribution in [0.1, 0.15) is 32.1 Å². The number of hydrogen-bond donors (Lipinski definition) is 2. The van der Waals surface area contributed by atoms with Crippen molar-refractivity contribution in [3.63, 3.8) is 0 Å². The molecule has 2 rings (SSSR count). The van der Waals surface area contributed by atoms with Gasteiger partial charge in [0.15, 0.2) is 0 Å². The van der Waals surface area contributed by atoms with Gasteiger partial charge in [-0.05, 0) is 31.6 Å². The number of nitrogens with zero attached hydrogens (tertiary/aromatic N) is 2. The first-order chi connectivity index (χ1) is 7.66. The van der Waals surface area contributed by atoms with E-state index in [1.165, 1.54) is 0 Å². The molecule has 4 N–H and O–H groups in total. The van der Waals surface area contributed by atoms with Crippen molar-refractivity contribution in [3.05, 3.63) is 0 Å². The molecule has 5 heteroatoms. The summed E-state index contributed by atoms with van der Waals surface area (Å²) in [4.78, 5) is 19.4. The number of rotatable bonds is 2. The molecule has 1 heterocycles. The zero-order valence-electron chi connectivity index (χ0n) is 9.30. The van der Waals surface area contributed by atoms with Crippen LogP contribution in [0.4, 0.5) is 0 Å². The molecule has 0 saturated heterocycles. The number of amidine groups is 1. The third-order valence-corrected chi connectivity index (χ3v) is 3.62. The van der Waals surface area contributed by atoms with Crippen molar-refractivity contribution in [1.82, 2.24) is 0 Å². The lowest BCUT2D eigenvalue weighted by Gasteiger charge is -2.31. The third kappa shape index (κ3) is 2.40. The van der Waals surface area contributed by atoms with Gasteiger partial charge in [-0.15, -0.1) is 0 Å². The van der Waals surface area contributed by atoms with Crippen LogP contribution in [0, 0.1) is 11.8 Å². The van der Waals surface area contributed by atoms with Crippen LogP contribution in [-0.4, -0.2) is 24.1 Å². The van der Waals surface area contributed by atoms with Gasteiger partial charge in [0, 0.05) is 12.3 Å². The normalized spacial score (nSPS) is 34.5. The van der Waals surface area contributed by atoms with Gasteiger partial charge in [0.2, 0.25) is 5.91 Å². The fourth-order valence-electron chi connectivity index (χ4n) is 2.59. The molecule has 1 fully saturated rings. The number of carbonyl (C=O) groups excluding carboxylic acids is 1. The van der Waals surface area contributed by atoms with Gasteiger partial charge >= 0.3 is 0 Å². The van der Waals surface area contributed by atoms with Gasteiger partial charge in [-0.1, -0.05) is 0 Å². The van der Waals surface area contributed by atoms with E-state index in [-0.39, 0.29) is 17.9 Å². The number of amides is 1. The average molecular weight is 222 g/mol. The summed E-state index contributed by atoms with van der Waals surface area (Å²) in [6.07, 6.45) is 6.13. The Balaban J connectivity index is 1.88. The Morgan fingerprint density at radius 3 is 2.56 bits per heavy atom. The first-order valence-electron chi connectivity index (χ1n) is 5.80. The Bertz CT molecular complexity index is 329. The minimum Gasteiger partial charge on any atom is -0.387 e. The fourth-order valence-corrected chi connectivity index (χ4v) is 2.59. The van der Waals surface area contributed by atoms with Gasteiger partial charge in [0.1, 0.15) is 12.2 Å². The van der Waals surface area contributed by atoms with E-state index in [1.54, 1.807) is 6.34 Å². The Labute approximate surface area is 95.0 Å². The molecule has 1 aliphatic carbocycles. The second-order valence-corrected chi connectivity index (χ2v) is 4.67. The molecular formula is C11H18N4O. The highest BCUT2D eigenvalue weighted by Crippen LogP contribution is 2.33. The molecule has 2 aliphatic rings. The van der Waals surface area contributed by atoms with Crippen molar-refractivity contribution in [2.75, 3.05) is 0 Å². The summed E-state index contributed by atoms with van der Waals surface area (Å²) in [5, 5.41) is 0. The predicted molar refractivity (Wildman–Crippen MR) is 63.2 cm³/mol. The van der Waals surface area contributed by atoms with Crippen molar-refractivity contribution < 1.29 is 4.79 Å². The minimum atomic E-state index is -0.160. The lowest BCUT2D eigenvalue weighted by molar-refractivity contribution is -0.123. The van der Waals surface area contributed by atoms with Crippen LogP contribution in [0.25, 0.3) is 0 Å². The standard InChI is InChI=1S/C11H18N4O/c12-10-5-9(14-6-15-10)7-1-3-8(4-2-7)11(13)16/h6-9H,1-5H2,(H2,13,16)(H2,12,14,15). The smallest absolute Gasteiger partial charge is 0.220 e. The van der Waals surface area contributed by atoms with Crippen molar-refractivity contribution >= 4 is 18.1 Å². The summed E-state index contributed by atoms with van der Waals surface area (Å²) in [5.74, 6) is 1.10. The molecule has 1 amide bonds. The van der Waals surface area contributed by atoms with Gasteiger partial charge < -0.3 is 11.5 Å². The molecule has 0 radical (unpaired) electrons. The summed E-state index contributed by atoms with van der Waals surface area (Å²) >= 11 is 0. The number of primary amides is 1. The van der Waals surface area contributed by atoms with E-state index in [9.17, 15) is 4.79 Å². The first-order valence-corrected chi connectivity index (χ1v) is 5.80. The van der Waals surface area contributed by atoms with Gasteiger partial charge in [-0.3, -0.25) is 9.79 Å². The zero-order valence-corrected chi connectivity index (χ0v) is 9.30. The number of nitrogens with two attached hydrogens (primary N) is 2. The highest BCUT2D eigenvalue weighted by Gasteiger charge is 2.30. The topological polar surface area (TPSA) is 93.8 Å². The molecule has 1 saturated carbocycles. The molecule has 1 atom stereocenters. The highest BCUT2D eigenvalue weighted by molar-refractivity contribution is 5.89. The summed E-state index contributed by atoms with van der Waals surface area (Å²) < 4.78 is 0. The molecule has 0 aromatic rings. The molecule has 0 aromatic heterocycles. The monoisotopic (exact) mass is 222 g/mol. The molecular weight excluding hydrogens is 204 g/mol. The van der Waals surface area contributed by atoms with Crippen LogP contribution in [-0.2, 0) is 4.79 Å². The predicted octanol–water partition coefficient (Wildman–Crippen LogP) is 0.436. The van der Waals surface area contributed by atoms with E-state index >= 15 is 0 Å². The van der Waals surface area contributed by atoms with E-state index in [2.05, 4.69) is 9.98 Å². The lowest BCUT2D eigenvalue weighted by atomic mass is 9.77. The van der Waals surface area contributed by atoms with Gasteiger partial charge in [0.25, 0.3) is 0 Å². The van der Waals surface area contributed by atoms with Crippen molar-refractivity contribution in [3.8, 4) is 0 Å². The van der Waals surface area contributed by atoms with E-state index < -0.39 is 0 Å². The number of hydrogen-bond acceptors (Lipinski definition) is 4. The maximum atomic E-state index is 11.0. The Morgan fingerprint density at radius 2 is 2.00 bits per heavy atom. The lowest BCUT2D eigenvalue weighted by Crippen LogP contribution is -2.34. The molecule has 5 nitrogen and oxygen atoms in total. The van der Waals surface area contributed by atoms with Gasteiger partial charge in [0.05, 0.1) is 6.04 Å². The van der Waals surface area contributed by atoms with Crippen LogP contribution in [0.15, 0.2) is 9.98 Å². The zero-order chi connectivity index (χ0) is 11.5. The molecule has 1 aliphatic heterocycles. The molecule has 0 bridgehead atoms. The largest absolute Gasteiger partial charge is 0.387 e. The summed E-state index contributed by atoms with van der Waals surface area (Å²) in [6.45, 7) is 0. The Morgan fingerprint density at radius 1 is 1.31 bits per heavy atom. The van der Waals surface area contributed by atoms with E-state index in [0.717, 1.165) is 32.1 Å². The maximum absolute atomic E-state index is 11.0. The van der Waals surface area contributed by atoms with E-state index in [0.29, 0.717) is 11.8 Å². The van der Waals surface area contributed by atoms with Gasteiger partial charge in [-0.2, -0.15) is 0 Å². The van der Waals surface area contributed by atoms with Crippen LogP contribution in [0.3, 0.4) is 0 Å². The Kier molecular flexibility index (Phi) is 3.22. The van der Waals surface area contributed by atoms with Crippen LogP contribution in [0.2, 0.25) is 0 Å². The molecule has 1 unspecified atom stereocenters. The van der Waals surface area contributed by atoms with E-state index in [1.807, 2.05) is 0 Å². The summed E-state index contributed by atoms with van der Waals surface area (Å²) in [6, 6.07) is 0.256. The SMILES string of the molecule is NC(=O)C1CCC(C2CC(N)=NC=N2)CC1. The Hall–Kier alpha value is -1.39. The summed E-state index contributed by atoms with van der Waals surface area (Å²) in [5.41, 5.74) is 11.0. The van der Waals surface area contributed by atoms with Gasteiger partial charge in [-0.25, -0.2) is 4.99 Å². The minimum absolute atomic E-state index is 0.0647. The molecule has 88 valence electrons. The van der Waals surface area contributed by atoms with Crippen LogP contribution < -0.4 is 11.5 Å².